The highest BCUT2D eigenvalue weighted by Gasteiger charge is 2.13. The number of benzene rings is 2. The van der Waals surface area contributed by atoms with Crippen molar-refractivity contribution in [2.75, 3.05) is 6.61 Å². The number of amides is 1. The Kier molecular flexibility index (Phi) is 6.30. The summed E-state index contributed by atoms with van der Waals surface area (Å²) in [6, 6.07) is 12.3. The number of aromatic nitrogens is 1. The average Bonchev–Trinajstić information content (AvgIpc) is 3.00. The molecule has 0 saturated carbocycles. The molecule has 2 aromatic carbocycles. The molecule has 0 N–H and O–H groups in total. The Morgan fingerprint density at radius 2 is 2.07 bits per heavy atom. The Morgan fingerprint density at radius 1 is 1.29 bits per heavy atom. The first-order valence-corrected chi connectivity index (χ1v) is 9.78. The summed E-state index contributed by atoms with van der Waals surface area (Å²) >= 11 is 7.42. The number of esters is 1. The normalized spacial score (nSPS) is 11.4. The van der Waals surface area contributed by atoms with Crippen LogP contribution in [0.5, 0.6) is 0 Å². The standard InChI is InChI=1S/C21H17ClN2O3S/c1-3-11-24-17-10-9-15(20(26)27-4-2)12-18(17)28-21(24)23-19(25)13-14-7-5-6-8-16(14)22/h1,5-10,12H,4,11,13H2,2H3. The highest BCUT2D eigenvalue weighted by molar-refractivity contribution is 7.16. The van der Waals surface area contributed by atoms with Crippen molar-refractivity contribution in [2.45, 2.75) is 19.9 Å². The zero-order chi connectivity index (χ0) is 20.1. The summed E-state index contributed by atoms with van der Waals surface area (Å²) in [5.74, 6) is 1.86. The fraction of sp³-hybridized carbons (Fsp3) is 0.190. The van der Waals surface area contributed by atoms with Crippen molar-refractivity contribution in [1.29, 1.82) is 0 Å². The average molecular weight is 413 g/mol. The van der Waals surface area contributed by atoms with E-state index in [4.69, 9.17) is 22.8 Å². The number of nitrogens with zero attached hydrogens (tertiary/aromatic N) is 2. The van der Waals surface area contributed by atoms with Gasteiger partial charge in [0.2, 0.25) is 0 Å². The lowest BCUT2D eigenvalue weighted by atomic mass is 10.1. The van der Waals surface area contributed by atoms with Gasteiger partial charge in [-0.05, 0) is 36.8 Å². The first-order valence-electron chi connectivity index (χ1n) is 8.58. The van der Waals surface area contributed by atoms with Crippen molar-refractivity contribution in [3.05, 3.63) is 63.4 Å². The van der Waals surface area contributed by atoms with Gasteiger partial charge in [-0.15, -0.1) is 6.42 Å². The van der Waals surface area contributed by atoms with Crippen molar-refractivity contribution >= 4 is 45.0 Å². The van der Waals surface area contributed by atoms with Crippen molar-refractivity contribution in [3.8, 4) is 12.3 Å². The zero-order valence-electron chi connectivity index (χ0n) is 15.1. The van der Waals surface area contributed by atoms with Crippen LogP contribution in [0.3, 0.4) is 0 Å². The predicted octanol–water partition coefficient (Wildman–Crippen LogP) is 3.84. The molecule has 1 heterocycles. The molecular formula is C21H17ClN2O3S. The van der Waals surface area contributed by atoms with Gasteiger partial charge in [-0.3, -0.25) is 4.79 Å². The van der Waals surface area contributed by atoms with Crippen LogP contribution in [0.15, 0.2) is 47.5 Å². The molecule has 1 aromatic heterocycles. The molecule has 0 fully saturated rings. The summed E-state index contributed by atoms with van der Waals surface area (Å²) in [7, 11) is 0. The monoisotopic (exact) mass is 412 g/mol. The highest BCUT2D eigenvalue weighted by atomic mass is 35.5. The molecule has 0 aliphatic heterocycles. The van der Waals surface area contributed by atoms with Crippen molar-refractivity contribution in [1.82, 2.24) is 4.57 Å². The Balaban J connectivity index is 2.01. The predicted molar refractivity (Wildman–Crippen MR) is 110 cm³/mol. The van der Waals surface area contributed by atoms with Crippen LogP contribution in [0.1, 0.15) is 22.8 Å². The number of halogens is 1. The van der Waals surface area contributed by atoms with Crippen molar-refractivity contribution in [2.24, 2.45) is 4.99 Å². The van der Waals surface area contributed by atoms with Gasteiger partial charge >= 0.3 is 5.97 Å². The van der Waals surface area contributed by atoms with Gasteiger partial charge in [0.15, 0.2) is 4.80 Å². The smallest absolute Gasteiger partial charge is 0.338 e. The fourth-order valence-electron chi connectivity index (χ4n) is 2.69. The van der Waals surface area contributed by atoms with Gasteiger partial charge in [0.05, 0.1) is 35.4 Å². The van der Waals surface area contributed by atoms with Crippen LogP contribution in [0, 0.1) is 12.3 Å². The maximum atomic E-state index is 12.5. The maximum absolute atomic E-state index is 12.5. The van der Waals surface area contributed by atoms with Gasteiger partial charge < -0.3 is 9.30 Å². The number of fused-ring (bicyclic) bond motifs is 1. The molecule has 0 bridgehead atoms. The van der Waals surface area contributed by atoms with Gasteiger partial charge in [-0.1, -0.05) is 47.1 Å². The Hall–Kier alpha value is -2.88. The summed E-state index contributed by atoms with van der Waals surface area (Å²) in [6.45, 7) is 2.32. The fourth-order valence-corrected chi connectivity index (χ4v) is 3.98. The third-order valence-corrected chi connectivity index (χ3v) is 5.37. The minimum absolute atomic E-state index is 0.0953. The molecular weight excluding hydrogens is 396 g/mol. The molecule has 0 saturated heterocycles. The van der Waals surface area contributed by atoms with Crippen LogP contribution in [0.25, 0.3) is 10.2 Å². The topological polar surface area (TPSA) is 60.7 Å². The molecule has 28 heavy (non-hydrogen) atoms. The van der Waals surface area contributed by atoms with Gasteiger partial charge in [0.25, 0.3) is 5.91 Å². The van der Waals surface area contributed by atoms with E-state index in [1.807, 2.05) is 6.07 Å². The molecule has 0 atom stereocenters. The van der Waals surface area contributed by atoms with Crippen LogP contribution >= 0.6 is 22.9 Å². The van der Waals surface area contributed by atoms with Crippen molar-refractivity contribution < 1.29 is 14.3 Å². The number of hydrogen-bond donors (Lipinski definition) is 0. The minimum Gasteiger partial charge on any atom is -0.462 e. The van der Waals surface area contributed by atoms with Gasteiger partial charge in [0.1, 0.15) is 0 Å². The lowest BCUT2D eigenvalue weighted by Crippen LogP contribution is -2.17. The van der Waals surface area contributed by atoms with Crippen LogP contribution in [0.4, 0.5) is 0 Å². The second kappa shape index (κ2) is 8.87. The van der Waals surface area contributed by atoms with Crippen LogP contribution in [0.2, 0.25) is 5.02 Å². The molecule has 1 amide bonds. The lowest BCUT2D eigenvalue weighted by molar-refractivity contribution is -0.117. The number of hydrogen-bond acceptors (Lipinski definition) is 4. The third-order valence-electron chi connectivity index (χ3n) is 3.96. The molecule has 5 nitrogen and oxygen atoms in total. The maximum Gasteiger partial charge on any atom is 0.338 e. The van der Waals surface area contributed by atoms with E-state index in [-0.39, 0.29) is 18.9 Å². The van der Waals surface area contributed by atoms with E-state index in [0.29, 0.717) is 27.6 Å². The van der Waals surface area contributed by atoms with Gasteiger partial charge in [0, 0.05) is 5.02 Å². The first-order chi connectivity index (χ1) is 13.5. The Labute approximate surface area is 171 Å². The Bertz CT molecular complexity index is 1150. The molecule has 7 heteroatoms. The van der Waals surface area contributed by atoms with Gasteiger partial charge in [-0.2, -0.15) is 4.99 Å². The molecule has 3 aromatic rings. The second-order valence-corrected chi connectivity index (χ2v) is 7.27. The van der Waals surface area contributed by atoms with Crippen LogP contribution in [-0.2, 0) is 22.5 Å². The molecule has 0 unspecified atom stereocenters. The third kappa shape index (κ3) is 4.33. The molecule has 0 aliphatic carbocycles. The van der Waals surface area contributed by atoms with Crippen LogP contribution in [-0.4, -0.2) is 23.1 Å². The SMILES string of the molecule is C#CCn1c(=NC(=O)Cc2ccccc2Cl)sc2cc(C(=O)OCC)ccc21. The molecule has 0 radical (unpaired) electrons. The number of ether oxygens (including phenoxy) is 1. The molecule has 3 rings (SSSR count). The number of rotatable bonds is 5. The van der Waals surface area contributed by atoms with E-state index >= 15 is 0 Å². The van der Waals surface area contributed by atoms with E-state index < -0.39 is 5.97 Å². The molecule has 0 aliphatic rings. The summed E-state index contributed by atoms with van der Waals surface area (Å²) in [6.07, 6.45) is 5.58. The number of carbonyl (C=O) groups excluding carboxylic acids is 2. The van der Waals surface area contributed by atoms with E-state index in [1.54, 1.807) is 47.9 Å². The summed E-state index contributed by atoms with van der Waals surface area (Å²) < 4.78 is 7.61. The summed E-state index contributed by atoms with van der Waals surface area (Å²) in [4.78, 5) is 29.2. The zero-order valence-corrected chi connectivity index (χ0v) is 16.7. The summed E-state index contributed by atoms with van der Waals surface area (Å²) in [5.41, 5.74) is 1.96. The van der Waals surface area contributed by atoms with E-state index in [0.717, 1.165) is 10.2 Å². The van der Waals surface area contributed by atoms with Crippen molar-refractivity contribution in [3.63, 3.8) is 0 Å². The largest absolute Gasteiger partial charge is 0.462 e. The number of carbonyl (C=O) groups is 2. The van der Waals surface area contributed by atoms with Crippen LogP contribution < -0.4 is 4.80 Å². The number of thiazole rings is 1. The Morgan fingerprint density at radius 3 is 2.79 bits per heavy atom. The number of terminal acetylenes is 1. The lowest BCUT2D eigenvalue weighted by Gasteiger charge is -2.03. The van der Waals surface area contributed by atoms with E-state index in [1.165, 1.54) is 11.3 Å². The second-order valence-electron chi connectivity index (χ2n) is 5.85. The quantitative estimate of drug-likeness (QED) is 0.472. The molecule has 0 spiro atoms. The minimum atomic E-state index is -0.394. The van der Waals surface area contributed by atoms with E-state index in [9.17, 15) is 9.59 Å². The highest BCUT2D eigenvalue weighted by Crippen LogP contribution is 2.20. The molecule has 142 valence electrons. The summed E-state index contributed by atoms with van der Waals surface area (Å²) in [5, 5.41) is 0.526. The first kappa shape index (κ1) is 19.9. The van der Waals surface area contributed by atoms with E-state index in [2.05, 4.69) is 10.9 Å². The van der Waals surface area contributed by atoms with Gasteiger partial charge in [-0.25, -0.2) is 4.79 Å².